The number of ether oxygens (including phenoxy) is 3. The summed E-state index contributed by atoms with van der Waals surface area (Å²) >= 11 is 0. The second-order valence-electron chi connectivity index (χ2n) is 6.09. The van der Waals surface area contributed by atoms with Crippen molar-refractivity contribution in [3.63, 3.8) is 0 Å². The second-order valence-corrected chi connectivity index (χ2v) is 6.09. The molecule has 0 radical (unpaired) electrons. The molecule has 6 heteroatoms. The molecule has 0 bridgehead atoms. The molecule has 0 aromatic heterocycles. The smallest absolute Gasteiger partial charge is 0.338 e. The minimum Gasteiger partial charge on any atom is -0.508 e. The number of epoxide rings is 1. The van der Waals surface area contributed by atoms with E-state index < -0.39 is 11.9 Å². The number of phenols is 1. The minimum absolute atomic E-state index is 0.126. The predicted molar refractivity (Wildman–Crippen MR) is 87.1 cm³/mol. The van der Waals surface area contributed by atoms with Gasteiger partial charge in [-0.05, 0) is 30.5 Å². The summed E-state index contributed by atoms with van der Waals surface area (Å²) in [5.41, 5.74) is 0.261. The van der Waals surface area contributed by atoms with Crippen LogP contribution in [0.5, 0.6) is 5.75 Å². The molecule has 1 saturated heterocycles. The third-order valence-electron chi connectivity index (χ3n) is 4.01. The maximum absolute atomic E-state index is 12.1. The lowest BCUT2D eigenvalue weighted by molar-refractivity contribution is 0.0484. The van der Waals surface area contributed by atoms with E-state index in [-0.39, 0.29) is 29.6 Å². The van der Waals surface area contributed by atoms with Gasteiger partial charge in [-0.2, -0.15) is 0 Å². The summed E-state index contributed by atoms with van der Waals surface area (Å²) in [6.45, 7) is 5.42. The van der Waals surface area contributed by atoms with E-state index in [1.165, 1.54) is 18.2 Å². The standard InChI is InChI=1S/C18H24O6/c1-3-12(2)4-6-22-17(20)13-8-14(10-15(19)9-13)18(21)23-7-5-16-11-24-16/h8-10,12,16,19H,3-7,11H2,1-2H3. The highest BCUT2D eigenvalue weighted by Gasteiger charge is 2.23. The number of phenolic OH excluding ortho intramolecular Hbond substituents is 1. The van der Waals surface area contributed by atoms with E-state index in [1.807, 2.05) is 0 Å². The fraction of sp³-hybridized carbons (Fsp3) is 0.556. The summed E-state index contributed by atoms with van der Waals surface area (Å²) in [6.07, 6.45) is 2.62. The molecule has 132 valence electrons. The summed E-state index contributed by atoms with van der Waals surface area (Å²) in [5.74, 6) is -0.846. The van der Waals surface area contributed by atoms with Crippen LogP contribution in [-0.2, 0) is 14.2 Å². The molecule has 1 N–H and O–H groups in total. The van der Waals surface area contributed by atoms with Gasteiger partial charge in [-0.25, -0.2) is 9.59 Å². The number of benzene rings is 1. The van der Waals surface area contributed by atoms with Gasteiger partial charge in [0.2, 0.25) is 0 Å². The molecule has 0 saturated carbocycles. The normalized spacial score (nSPS) is 17.2. The van der Waals surface area contributed by atoms with Gasteiger partial charge in [0.25, 0.3) is 0 Å². The predicted octanol–water partition coefficient (Wildman–Crippen LogP) is 2.93. The van der Waals surface area contributed by atoms with Gasteiger partial charge in [0, 0.05) is 6.42 Å². The summed E-state index contributed by atoms with van der Waals surface area (Å²) < 4.78 is 15.3. The Labute approximate surface area is 141 Å². The first-order chi connectivity index (χ1) is 11.5. The molecular formula is C18H24O6. The van der Waals surface area contributed by atoms with Crippen molar-refractivity contribution in [1.29, 1.82) is 0 Å². The zero-order valence-electron chi connectivity index (χ0n) is 14.1. The summed E-state index contributed by atoms with van der Waals surface area (Å²) in [4.78, 5) is 24.0. The Bertz CT molecular complexity index is 579. The van der Waals surface area contributed by atoms with E-state index in [4.69, 9.17) is 14.2 Å². The molecule has 0 amide bonds. The topological polar surface area (TPSA) is 85.4 Å². The molecule has 2 rings (SSSR count). The highest BCUT2D eigenvalue weighted by atomic mass is 16.6. The van der Waals surface area contributed by atoms with Crippen molar-refractivity contribution < 1.29 is 28.9 Å². The molecule has 1 aromatic rings. The third kappa shape index (κ3) is 5.85. The fourth-order valence-corrected chi connectivity index (χ4v) is 2.09. The molecular weight excluding hydrogens is 312 g/mol. The number of aromatic hydroxyl groups is 1. The number of hydrogen-bond donors (Lipinski definition) is 1. The van der Waals surface area contributed by atoms with Crippen LogP contribution in [0.15, 0.2) is 18.2 Å². The minimum atomic E-state index is -0.583. The number of hydrogen-bond acceptors (Lipinski definition) is 6. The van der Waals surface area contributed by atoms with Crippen molar-refractivity contribution in [2.75, 3.05) is 19.8 Å². The lowest BCUT2D eigenvalue weighted by Gasteiger charge is -2.10. The summed E-state index contributed by atoms with van der Waals surface area (Å²) in [5, 5.41) is 9.73. The van der Waals surface area contributed by atoms with Crippen molar-refractivity contribution >= 4 is 11.9 Å². The molecule has 1 heterocycles. The van der Waals surface area contributed by atoms with Crippen LogP contribution in [0.3, 0.4) is 0 Å². The fourth-order valence-electron chi connectivity index (χ4n) is 2.09. The lowest BCUT2D eigenvalue weighted by Crippen LogP contribution is -2.12. The van der Waals surface area contributed by atoms with Crippen molar-refractivity contribution in [2.45, 2.75) is 39.2 Å². The zero-order valence-corrected chi connectivity index (χ0v) is 14.1. The van der Waals surface area contributed by atoms with Crippen molar-refractivity contribution in [3.05, 3.63) is 29.3 Å². The van der Waals surface area contributed by atoms with Gasteiger partial charge < -0.3 is 19.3 Å². The van der Waals surface area contributed by atoms with Crippen LogP contribution in [0.1, 0.15) is 53.8 Å². The average molecular weight is 336 g/mol. The van der Waals surface area contributed by atoms with Gasteiger partial charge >= 0.3 is 11.9 Å². The average Bonchev–Trinajstić information content (AvgIpc) is 3.38. The molecule has 2 unspecified atom stereocenters. The van der Waals surface area contributed by atoms with E-state index in [9.17, 15) is 14.7 Å². The van der Waals surface area contributed by atoms with Gasteiger partial charge in [-0.1, -0.05) is 20.3 Å². The molecule has 6 nitrogen and oxygen atoms in total. The molecule has 0 aliphatic carbocycles. The second kappa shape index (κ2) is 8.68. The molecule has 24 heavy (non-hydrogen) atoms. The zero-order chi connectivity index (χ0) is 17.5. The lowest BCUT2D eigenvalue weighted by atomic mass is 10.1. The SMILES string of the molecule is CCC(C)CCOC(=O)c1cc(O)cc(C(=O)OCCC2CO2)c1. The first-order valence-corrected chi connectivity index (χ1v) is 8.29. The van der Waals surface area contributed by atoms with E-state index in [1.54, 1.807) is 0 Å². The monoisotopic (exact) mass is 336 g/mol. The summed E-state index contributed by atoms with van der Waals surface area (Å²) in [7, 11) is 0. The molecule has 1 aromatic carbocycles. The van der Waals surface area contributed by atoms with Gasteiger partial charge in [-0.3, -0.25) is 0 Å². The summed E-state index contributed by atoms with van der Waals surface area (Å²) in [6, 6.07) is 3.92. The van der Waals surface area contributed by atoms with E-state index >= 15 is 0 Å². The molecule has 1 aliphatic rings. The van der Waals surface area contributed by atoms with Crippen molar-refractivity contribution in [1.82, 2.24) is 0 Å². The Balaban J connectivity index is 1.90. The first-order valence-electron chi connectivity index (χ1n) is 8.29. The van der Waals surface area contributed by atoms with Crippen LogP contribution in [0.2, 0.25) is 0 Å². The molecule has 1 aliphatic heterocycles. The van der Waals surface area contributed by atoms with E-state index in [0.29, 0.717) is 25.6 Å². The van der Waals surface area contributed by atoms with Crippen LogP contribution < -0.4 is 0 Å². The van der Waals surface area contributed by atoms with Crippen molar-refractivity contribution in [2.24, 2.45) is 5.92 Å². The third-order valence-corrected chi connectivity index (χ3v) is 4.01. The quantitative estimate of drug-likeness (QED) is 0.551. The van der Waals surface area contributed by atoms with Crippen molar-refractivity contribution in [3.8, 4) is 5.75 Å². The Morgan fingerprint density at radius 3 is 2.33 bits per heavy atom. The maximum atomic E-state index is 12.1. The first kappa shape index (κ1) is 18.3. The van der Waals surface area contributed by atoms with Gasteiger partial charge in [0.05, 0.1) is 37.1 Å². The van der Waals surface area contributed by atoms with E-state index in [0.717, 1.165) is 12.8 Å². The number of esters is 2. The molecule has 0 spiro atoms. The van der Waals surface area contributed by atoms with Gasteiger partial charge in [0.1, 0.15) is 5.75 Å². The van der Waals surface area contributed by atoms with Crippen LogP contribution in [-0.4, -0.2) is 43.0 Å². The van der Waals surface area contributed by atoms with Crippen LogP contribution in [0, 0.1) is 5.92 Å². The van der Waals surface area contributed by atoms with Crippen LogP contribution in [0.4, 0.5) is 0 Å². The maximum Gasteiger partial charge on any atom is 0.338 e. The largest absolute Gasteiger partial charge is 0.508 e. The van der Waals surface area contributed by atoms with Gasteiger partial charge in [-0.15, -0.1) is 0 Å². The van der Waals surface area contributed by atoms with Crippen LogP contribution in [0.25, 0.3) is 0 Å². The number of carbonyl (C=O) groups excluding carboxylic acids is 2. The Kier molecular flexibility index (Phi) is 6.61. The Morgan fingerprint density at radius 1 is 1.21 bits per heavy atom. The highest BCUT2D eigenvalue weighted by molar-refractivity contribution is 5.96. The molecule has 1 fully saturated rings. The number of rotatable bonds is 9. The Morgan fingerprint density at radius 2 is 1.79 bits per heavy atom. The number of carbonyl (C=O) groups is 2. The van der Waals surface area contributed by atoms with Crippen LogP contribution >= 0.6 is 0 Å². The van der Waals surface area contributed by atoms with Gasteiger partial charge in [0.15, 0.2) is 0 Å². The molecule has 2 atom stereocenters. The Hall–Kier alpha value is -2.08. The van der Waals surface area contributed by atoms with E-state index in [2.05, 4.69) is 13.8 Å². The highest BCUT2D eigenvalue weighted by Crippen LogP contribution is 2.19.